The van der Waals surface area contributed by atoms with Gasteiger partial charge in [0.25, 0.3) is 5.91 Å². The zero-order valence-corrected chi connectivity index (χ0v) is 10.4. The van der Waals surface area contributed by atoms with Gasteiger partial charge in [-0.3, -0.25) is 4.79 Å². The summed E-state index contributed by atoms with van der Waals surface area (Å²) < 4.78 is 5.25. The van der Waals surface area contributed by atoms with E-state index in [4.69, 9.17) is 21.4 Å². The van der Waals surface area contributed by atoms with Crippen molar-refractivity contribution in [2.45, 2.75) is 19.4 Å². The molecule has 0 fully saturated rings. The Morgan fingerprint density at radius 3 is 2.71 bits per heavy atom. The number of ether oxygens (including phenoxy) is 1. The van der Waals surface area contributed by atoms with Crippen LogP contribution in [0.5, 0.6) is 5.75 Å². The summed E-state index contributed by atoms with van der Waals surface area (Å²) in [5.41, 5.74) is 0. The molecular formula is C12H16ClNO3. The monoisotopic (exact) mass is 257 g/mol. The van der Waals surface area contributed by atoms with Crippen LogP contribution in [0.25, 0.3) is 0 Å². The van der Waals surface area contributed by atoms with Crippen molar-refractivity contribution in [3.8, 4) is 5.75 Å². The minimum Gasteiger partial charge on any atom is -0.484 e. The summed E-state index contributed by atoms with van der Waals surface area (Å²) in [4.78, 5) is 11.3. The fourth-order valence-corrected chi connectivity index (χ4v) is 1.28. The molecule has 0 saturated heterocycles. The molecule has 94 valence electrons. The van der Waals surface area contributed by atoms with E-state index in [2.05, 4.69) is 5.32 Å². The largest absolute Gasteiger partial charge is 0.484 e. The maximum Gasteiger partial charge on any atom is 0.257 e. The molecule has 0 aliphatic heterocycles. The van der Waals surface area contributed by atoms with Crippen LogP contribution in [0, 0.1) is 0 Å². The van der Waals surface area contributed by atoms with E-state index >= 15 is 0 Å². The zero-order valence-electron chi connectivity index (χ0n) is 9.65. The smallest absolute Gasteiger partial charge is 0.257 e. The molecule has 0 saturated carbocycles. The Bertz CT molecular complexity index is 351. The third-order valence-corrected chi connectivity index (χ3v) is 2.32. The lowest BCUT2D eigenvalue weighted by Gasteiger charge is -2.08. The van der Waals surface area contributed by atoms with Crippen LogP contribution in [-0.2, 0) is 4.79 Å². The molecule has 5 heteroatoms. The number of halogens is 1. The van der Waals surface area contributed by atoms with Gasteiger partial charge < -0.3 is 15.2 Å². The number of hydrogen-bond donors (Lipinski definition) is 2. The van der Waals surface area contributed by atoms with Crippen LogP contribution in [0.3, 0.4) is 0 Å². The van der Waals surface area contributed by atoms with Crippen LogP contribution in [0.2, 0.25) is 5.02 Å². The van der Waals surface area contributed by atoms with Gasteiger partial charge in [-0.1, -0.05) is 11.6 Å². The van der Waals surface area contributed by atoms with Crippen molar-refractivity contribution in [3.63, 3.8) is 0 Å². The average molecular weight is 258 g/mol. The second kappa shape index (κ2) is 7.14. The molecule has 2 N–H and O–H groups in total. The van der Waals surface area contributed by atoms with Crippen molar-refractivity contribution in [1.82, 2.24) is 5.32 Å². The van der Waals surface area contributed by atoms with E-state index in [1.165, 1.54) is 0 Å². The van der Waals surface area contributed by atoms with Crippen molar-refractivity contribution in [1.29, 1.82) is 0 Å². The Morgan fingerprint density at radius 1 is 1.47 bits per heavy atom. The van der Waals surface area contributed by atoms with E-state index in [1.807, 2.05) is 0 Å². The molecule has 0 heterocycles. The summed E-state index contributed by atoms with van der Waals surface area (Å²) in [7, 11) is 0. The quantitative estimate of drug-likeness (QED) is 0.814. The van der Waals surface area contributed by atoms with Crippen molar-refractivity contribution < 1.29 is 14.6 Å². The molecule has 1 unspecified atom stereocenters. The van der Waals surface area contributed by atoms with Gasteiger partial charge >= 0.3 is 0 Å². The highest BCUT2D eigenvalue weighted by molar-refractivity contribution is 6.30. The highest BCUT2D eigenvalue weighted by atomic mass is 35.5. The van der Waals surface area contributed by atoms with Gasteiger partial charge in [0.05, 0.1) is 6.10 Å². The van der Waals surface area contributed by atoms with Gasteiger partial charge in [0.2, 0.25) is 0 Å². The van der Waals surface area contributed by atoms with Crippen LogP contribution < -0.4 is 10.1 Å². The highest BCUT2D eigenvalue weighted by Gasteiger charge is 2.03. The van der Waals surface area contributed by atoms with Crippen molar-refractivity contribution >= 4 is 17.5 Å². The average Bonchev–Trinajstić information content (AvgIpc) is 2.28. The summed E-state index contributed by atoms with van der Waals surface area (Å²) in [6.45, 7) is 2.08. The second-order valence-electron chi connectivity index (χ2n) is 3.73. The van der Waals surface area contributed by atoms with Crippen molar-refractivity contribution in [3.05, 3.63) is 29.3 Å². The van der Waals surface area contributed by atoms with E-state index in [-0.39, 0.29) is 12.5 Å². The van der Waals surface area contributed by atoms with Crippen molar-refractivity contribution in [2.24, 2.45) is 0 Å². The minimum atomic E-state index is -0.410. The van der Waals surface area contributed by atoms with Crippen LogP contribution in [0.1, 0.15) is 13.3 Å². The van der Waals surface area contributed by atoms with Crippen LogP contribution in [0.15, 0.2) is 24.3 Å². The first-order valence-electron chi connectivity index (χ1n) is 5.41. The summed E-state index contributed by atoms with van der Waals surface area (Å²) in [6.07, 6.45) is 0.125. The molecule has 0 aliphatic rings. The Morgan fingerprint density at radius 2 is 2.12 bits per heavy atom. The minimum absolute atomic E-state index is 0.0402. The predicted octanol–water partition coefficient (Wildman–Crippen LogP) is 1.61. The number of nitrogens with one attached hydrogen (secondary N) is 1. The summed E-state index contributed by atoms with van der Waals surface area (Å²) in [5, 5.41) is 12.3. The standard InChI is InChI=1S/C12H16ClNO3/c1-9(15)6-7-14-12(16)8-17-11-4-2-10(13)3-5-11/h2-5,9,15H,6-8H2,1H3,(H,14,16). The third kappa shape index (κ3) is 6.14. The molecule has 17 heavy (non-hydrogen) atoms. The molecule has 1 amide bonds. The predicted molar refractivity (Wildman–Crippen MR) is 66.3 cm³/mol. The molecule has 0 bridgehead atoms. The number of aliphatic hydroxyl groups is 1. The number of benzene rings is 1. The van der Waals surface area contributed by atoms with Gasteiger partial charge in [0, 0.05) is 11.6 Å². The van der Waals surface area contributed by atoms with E-state index in [9.17, 15) is 4.79 Å². The second-order valence-corrected chi connectivity index (χ2v) is 4.17. The maximum atomic E-state index is 11.3. The number of amides is 1. The number of carbonyl (C=O) groups is 1. The summed E-state index contributed by atoms with van der Waals surface area (Å²) in [5.74, 6) is 0.390. The molecule has 0 radical (unpaired) electrons. The Labute approximate surface area is 106 Å². The molecule has 1 rings (SSSR count). The number of carbonyl (C=O) groups excluding carboxylic acids is 1. The lowest BCUT2D eigenvalue weighted by molar-refractivity contribution is -0.123. The van der Waals surface area contributed by atoms with E-state index in [0.717, 1.165) is 0 Å². The molecule has 0 aromatic heterocycles. The zero-order chi connectivity index (χ0) is 12.7. The SMILES string of the molecule is CC(O)CCNC(=O)COc1ccc(Cl)cc1. The number of rotatable bonds is 6. The first-order chi connectivity index (χ1) is 8.08. The van der Waals surface area contributed by atoms with Gasteiger partial charge in [-0.2, -0.15) is 0 Å². The van der Waals surface area contributed by atoms with Gasteiger partial charge in [-0.25, -0.2) is 0 Å². The van der Waals surface area contributed by atoms with E-state index in [1.54, 1.807) is 31.2 Å². The van der Waals surface area contributed by atoms with Crippen LogP contribution in [0.4, 0.5) is 0 Å². The lowest BCUT2D eigenvalue weighted by atomic mass is 10.3. The number of aliphatic hydroxyl groups excluding tert-OH is 1. The fourth-order valence-electron chi connectivity index (χ4n) is 1.15. The van der Waals surface area contributed by atoms with E-state index < -0.39 is 6.10 Å². The van der Waals surface area contributed by atoms with E-state index in [0.29, 0.717) is 23.7 Å². The molecule has 0 spiro atoms. The maximum absolute atomic E-state index is 11.3. The lowest BCUT2D eigenvalue weighted by Crippen LogP contribution is -2.31. The highest BCUT2D eigenvalue weighted by Crippen LogP contribution is 2.15. The van der Waals surface area contributed by atoms with Crippen LogP contribution in [-0.4, -0.2) is 30.3 Å². The molecular weight excluding hydrogens is 242 g/mol. The number of hydrogen-bond acceptors (Lipinski definition) is 3. The van der Waals surface area contributed by atoms with Gasteiger partial charge in [0.1, 0.15) is 5.75 Å². The van der Waals surface area contributed by atoms with Gasteiger partial charge in [-0.05, 0) is 37.6 Å². The summed E-state index contributed by atoms with van der Waals surface area (Å²) >= 11 is 5.71. The first kappa shape index (κ1) is 13.8. The Hall–Kier alpha value is -1.26. The third-order valence-electron chi connectivity index (χ3n) is 2.07. The molecule has 4 nitrogen and oxygen atoms in total. The molecule has 0 aliphatic carbocycles. The van der Waals surface area contributed by atoms with Gasteiger partial charge in [0.15, 0.2) is 6.61 Å². The molecule has 1 atom stereocenters. The van der Waals surface area contributed by atoms with Crippen molar-refractivity contribution in [2.75, 3.05) is 13.2 Å². The van der Waals surface area contributed by atoms with Crippen LogP contribution >= 0.6 is 11.6 Å². The van der Waals surface area contributed by atoms with Gasteiger partial charge in [-0.15, -0.1) is 0 Å². The topological polar surface area (TPSA) is 58.6 Å². The molecule has 1 aromatic rings. The first-order valence-corrected chi connectivity index (χ1v) is 5.79. The fraction of sp³-hybridized carbons (Fsp3) is 0.417. The summed E-state index contributed by atoms with van der Waals surface area (Å²) in [6, 6.07) is 6.79. The molecule has 1 aromatic carbocycles. The normalized spacial score (nSPS) is 11.9. The Balaban J connectivity index is 2.21. The Kier molecular flexibility index (Phi) is 5.80.